The van der Waals surface area contributed by atoms with Crippen LogP contribution in [0.15, 0.2) is 0 Å². The summed E-state index contributed by atoms with van der Waals surface area (Å²) in [5.41, 5.74) is 0. The number of hydrogen-bond donors (Lipinski definition) is 0. The fourth-order valence-electron chi connectivity index (χ4n) is 0. The molecule has 0 bridgehead atoms. The van der Waals surface area contributed by atoms with Crippen LogP contribution < -0.4 is 0 Å². The molecule has 7 heavy (non-hydrogen) atoms. The van der Waals surface area contributed by atoms with Gasteiger partial charge in [-0.25, -0.2) is 10.5 Å². The largest absolute Gasteiger partial charge is 2.00 e. The van der Waals surface area contributed by atoms with E-state index in [9.17, 15) is 0 Å². The maximum Gasteiger partial charge on any atom is 2.00 e. The number of rotatable bonds is 0. The Morgan fingerprint density at radius 1 is 1.00 bits per heavy atom. The Kier molecular flexibility index (Phi) is 86.8. The zero-order valence-electron chi connectivity index (χ0n) is 3.06. The van der Waals surface area contributed by atoms with E-state index < -0.39 is 0 Å². The minimum atomic E-state index is 0. The molecular weight excluding hydrogens is 172 g/mol. The molecule has 0 heterocycles. The predicted octanol–water partition coefficient (Wildman–Crippen LogP) is 0.0263. The molecule has 0 N–H and O–H groups in total. The summed E-state index contributed by atoms with van der Waals surface area (Å²) < 4.78 is 0. The first-order valence-electron chi connectivity index (χ1n) is 0.855. The summed E-state index contributed by atoms with van der Waals surface area (Å²) in [6, 6.07) is 0. The smallest absolute Gasteiger partial charge is 0.696 e. The predicted molar refractivity (Wildman–Crippen MR) is 26.0 cm³/mol. The molecule has 0 atom stereocenters. The molecule has 0 saturated carbocycles. The minimum Gasteiger partial charge on any atom is -0.696 e. The maximum atomic E-state index is 7.13. The van der Waals surface area contributed by atoms with Crippen LogP contribution in [0.25, 0.3) is 0 Å². The van der Waals surface area contributed by atoms with E-state index in [0.717, 1.165) is 0 Å². The normalized spacial score (nSPS) is 2.00. The van der Waals surface area contributed by atoms with Gasteiger partial charge in [0.15, 0.2) is 0 Å². The second kappa shape index (κ2) is 38.5. The van der Waals surface area contributed by atoms with Crippen LogP contribution in [0.4, 0.5) is 0 Å². The first-order valence-corrected chi connectivity index (χ1v) is 1.67. The van der Waals surface area contributed by atoms with Gasteiger partial charge in [0.25, 0.3) is 0 Å². The summed E-state index contributed by atoms with van der Waals surface area (Å²) >= 11 is 7.40. The number of nitriles is 2. The van der Waals surface area contributed by atoms with Crippen LogP contribution in [0.3, 0.4) is 0 Å². The van der Waals surface area contributed by atoms with E-state index in [2.05, 4.69) is 25.3 Å². The van der Waals surface area contributed by atoms with Gasteiger partial charge in [0.1, 0.15) is 0 Å². The third-order valence-electron chi connectivity index (χ3n) is 0. The van der Waals surface area contributed by atoms with E-state index in [-0.39, 0.29) is 17.1 Å². The summed E-state index contributed by atoms with van der Waals surface area (Å²) in [6.07, 6.45) is 0. The summed E-state index contributed by atoms with van der Waals surface area (Å²) in [5, 5.41) is 16.9. The van der Waals surface area contributed by atoms with E-state index in [4.69, 9.17) is 10.5 Å². The van der Waals surface area contributed by atoms with Gasteiger partial charge < -0.3 is 25.3 Å². The van der Waals surface area contributed by atoms with Crippen molar-refractivity contribution in [2.45, 2.75) is 0 Å². The van der Waals surface area contributed by atoms with E-state index in [1.807, 2.05) is 0 Å². The van der Waals surface area contributed by atoms with Gasteiger partial charge >= 0.3 is 17.1 Å². The molecule has 0 aromatic carbocycles. The van der Waals surface area contributed by atoms with Gasteiger partial charge in [-0.2, -0.15) is 0 Å². The molecule has 38 valence electrons. The second-order valence-corrected chi connectivity index (χ2v) is 0.548. The number of nitrogens with zero attached hydrogens (tertiary/aromatic N) is 2. The van der Waals surface area contributed by atoms with Gasteiger partial charge in [-0.1, -0.05) is 10.8 Å². The standard InChI is InChI=1S/2CHNS.Fe/c2*2-1-3;/h2*3H;/q;;+2/p-2. The SMILES string of the molecule is N#C[S-].N#C[S-].[Fe+2]. The first-order chi connectivity index (χ1) is 2.83. The van der Waals surface area contributed by atoms with Crippen molar-refractivity contribution < 1.29 is 17.1 Å². The van der Waals surface area contributed by atoms with Crippen molar-refractivity contribution in [1.82, 2.24) is 0 Å². The summed E-state index contributed by atoms with van der Waals surface area (Å²) in [7, 11) is 0. The number of thiocyanates is 2. The molecule has 0 unspecified atom stereocenters. The van der Waals surface area contributed by atoms with Crippen LogP contribution in [0.1, 0.15) is 0 Å². The monoisotopic (exact) mass is 172 g/mol. The van der Waals surface area contributed by atoms with E-state index in [1.54, 1.807) is 0 Å². The van der Waals surface area contributed by atoms with Gasteiger partial charge in [0.2, 0.25) is 0 Å². The molecule has 0 aliphatic carbocycles. The molecule has 0 aliphatic rings. The van der Waals surface area contributed by atoms with Gasteiger partial charge in [-0.15, -0.1) is 0 Å². The topological polar surface area (TPSA) is 47.6 Å². The van der Waals surface area contributed by atoms with Crippen molar-refractivity contribution >= 4 is 25.3 Å². The second-order valence-electron chi connectivity index (χ2n) is 0.183. The van der Waals surface area contributed by atoms with Gasteiger partial charge in [0, 0.05) is 0 Å². The molecule has 0 amide bonds. The fourth-order valence-corrected chi connectivity index (χ4v) is 0. The molecule has 2 nitrogen and oxygen atoms in total. The molecule has 0 radical (unpaired) electrons. The molecular formula is C2FeN2S2. The van der Waals surface area contributed by atoms with Crippen LogP contribution >= 0.6 is 0 Å². The molecule has 0 aliphatic heterocycles. The van der Waals surface area contributed by atoms with Crippen molar-refractivity contribution in [1.29, 1.82) is 10.5 Å². The van der Waals surface area contributed by atoms with Gasteiger partial charge in [-0.05, 0) is 0 Å². The van der Waals surface area contributed by atoms with Crippen molar-refractivity contribution in [3.8, 4) is 10.8 Å². The minimum absolute atomic E-state index is 0. The molecule has 0 fully saturated rings. The number of hydrogen-bond acceptors (Lipinski definition) is 4. The van der Waals surface area contributed by atoms with Crippen molar-refractivity contribution in [2.24, 2.45) is 0 Å². The van der Waals surface area contributed by atoms with Gasteiger partial charge in [0.05, 0.1) is 0 Å². The maximum absolute atomic E-state index is 7.13. The van der Waals surface area contributed by atoms with Gasteiger partial charge in [-0.3, -0.25) is 0 Å². The molecule has 0 aromatic rings. The fraction of sp³-hybridized carbons (Fsp3) is 0. The first kappa shape index (κ1) is 15.8. The van der Waals surface area contributed by atoms with Crippen LogP contribution in [-0.2, 0) is 42.3 Å². The Morgan fingerprint density at radius 3 is 1.00 bits per heavy atom. The Hall–Kier alpha value is -0.0605. The Bertz CT molecular complexity index is 68.7. The Labute approximate surface area is 63.8 Å². The molecule has 0 saturated heterocycles. The van der Waals surface area contributed by atoms with E-state index in [1.165, 1.54) is 10.8 Å². The third kappa shape index (κ3) is 25200. The van der Waals surface area contributed by atoms with Crippen molar-refractivity contribution in [3.63, 3.8) is 0 Å². The average Bonchev–Trinajstić information content (AvgIpc) is 1.39. The molecule has 0 spiro atoms. The van der Waals surface area contributed by atoms with E-state index >= 15 is 0 Å². The zero-order valence-corrected chi connectivity index (χ0v) is 5.80. The van der Waals surface area contributed by atoms with E-state index in [0.29, 0.717) is 0 Å². The van der Waals surface area contributed by atoms with Crippen LogP contribution in [-0.4, -0.2) is 0 Å². The average molecular weight is 172 g/mol. The molecule has 0 aromatic heterocycles. The third-order valence-corrected chi connectivity index (χ3v) is 0. The quantitative estimate of drug-likeness (QED) is 0.293. The van der Waals surface area contributed by atoms with Crippen LogP contribution in [0.5, 0.6) is 0 Å². The molecule has 5 heteroatoms. The summed E-state index contributed by atoms with van der Waals surface area (Å²) in [5.74, 6) is 0. The Balaban J connectivity index is -0.0000000400. The molecule has 0 rings (SSSR count). The zero-order chi connectivity index (χ0) is 5.41. The summed E-state index contributed by atoms with van der Waals surface area (Å²) in [4.78, 5) is 0. The van der Waals surface area contributed by atoms with Crippen molar-refractivity contribution in [2.75, 3.05) is 0 Å². The van der Waals surface area contributed by atoms with Crippen LogP contribution in [0.2, 0.25) is 0 Å². The van der Waals surface area contributed by atoms with Crippen molar-refractivity contribution in [3.05, 3.63) is 0 Å². The van der Waals surface area contributed by atoms with Crippen LogP contribution in [0, 0.1) is 21.3 Å². The Morgan fingerprint density at radius 2 is 1.00 bits per heavy atom. The summed E-state index contributed by atoms with van der Waals surface area (Å²) in [6.45, 7) is 0.